The van der Waals surface area contributed by atoms with Crippen molar-refractivity contribution in [3.8, 4) is 0 Å². The second-order valence-electron chi connectivity index (χ2n) is 9.14. The van der Waals surface area contributed by atoms with E-state index in [1.54, 1.807) is 12.1 Å². The summed E-state index contributed by atoms with van der Waals surface area (Å²) in [7, 11) is -4.14. The molecule has 0 saturated heterocycles. The molecule has 0 aliphatic carbocycles. The lowest BCUT2D eigenvalue weighted by atomic mass is 10.1. The molecule has 0 bridgehead atoms. The first-order chi connectivity index (χ1) is 16.6. The van der Waals surface area contributed by atoms with Crippen LogP contribution in [0, 0.1) is 12.8 Å². The first-order valence-electron chi connectivity index (χ1n) is 11.4. The van der Waals surface area contributed by atoms with E-state index in [-0.39, 0.29) is 18.2 Å². The van der Waals surface area contributed by atoms with Crippen molar-refractivity contribution in [1.29, 1.82) is 0 Å². The van der Waals surface area contributed by atoms with Gasteiger partial charge >= 0.3 is 6.18 Å². The van der Waals surface area contributed by atoms with Gasteiger partial charge in [0.25, 0.3) is 0 Å². The van der Waals surface area contributed by atoms with Gasteiger partial charge in [-0.1, -0.05) is 49.7 Å². The van der Waals surface area contributed by atoms with Crippen LogP contribution in [0.25, 0.3) is 0 Å². The Kier molecular flexibility index (Phi) is 9.53. The van der Waals surface area contributed by atoms with Crippen molar-refractivity contribution in [2.45, 2.75) is 46.5 Å². The number of carbonyl (C=O) groups excluding carboxylic acids is 2. The van der Waals surface area contributed by atoms with Crippen LogP contribution in [0.2, 0.25) is 0 Å². The number of alkyl halides is 3. The molecule has 0 fully saturated rings. The Labute approximate surface area is 210 Å². The summed E-state index contributed by atoms with van der Waals surface area (Å²) in [5.41, 5.74) is 0.362. The average Bonchev–Trinajstić information content (AvgIpc) is 2.78. The zero-order chi connectivity index (χ0) is 27.3. The van der Waals surface area contributed by atoms with Gasteiger partial charge in [-0.05, 0) is 43.5 Å². The maximum atomic E-state index is 13.4. The van der Waals surface area contributed by atoms with E-state index in [0.29, 0.717) is 22.5 Å². The van der Waals surface area contributed by atoms with Crippen LogP contribution in [0.3, 0.4) is 0 Å². The minimum Gasteiger partial charge on any atom is -0.354 e. The van der Waals surface area contributed by atoms with Crippen LogP contribution >= 0.6 is 0 Å². The average molecular weight is 528 g/mol. The number of nitrogens with zero attached hydrogens (tertiary/aromatic N) is 2. The Hall–Kier alpha value is -3.08. The van der Waals surface area contributed by atoms with Gasteiger partial charge in [-0.25, -0.2) is 8.42 Å². The summed E-state index contributed by atoms with van der Waals surface area (Å²) in [5.74, 6) is -0.983. The van der Waals surface area contributed by atoms with E-state index in [1.165, 1.54) is 17.9 Å². The standard InChI is InChI=1S/C25H32F3N3O4S/c1-17(2)14-29-24(33)19(4)30(15-20-11-9-18(3)10-12-20)23(32)16-31(36(5,34)35)22-8-6-7-21(13-22)25(26,27)28/h6-13,17,19H,14-16H2,1-5H3,(H,29,33)/t19-/m0/s1. The topological polar surface area (TPSA) is 86.8 Å². The Morgan fingerprint density at radius 3 is 2.17 bits per heavy atom. The quantitative estimate of drug-likeness (QED) is 0.507. The van der Waals surface area contributed by atoms with Crippen LogP contribution in [-0.2, 0) is 32.3 Å². The van der Waals surface area contributed by atoms with Gasteiger partial charge in [0, 0.05) is 13.1 Å². The van der Waals surface area contributed by atoms with Crippen molar-refractivity contribution in [1.82, 2.24) is 10.2 Å². The van der Waals surface area contributed by atoms with Crippen LogP contribution in [0.15, 0.2) is 48.5 Å². The highest BCUT2D eigenvalue weighted by Gasteiger charge is 2.33. The molecule has 2 amide bonds. The van der Waals surface area contributed by atoms with E-state index in [9.17, 15) is 31.2 Å². The number of nitrogens with one attached hydrogen (secondary N) is 1. The van der Waals surface area contributed by atoms with Crippen molar-refractivity contribution >= 4 is 27.5 Å². The number of carbonyl (C=O) groups is 2. The van der Waals surface area contributed by atoms with Crippen molar-refractivity contribution < 1.29 is 31.2 Å². The minimum absolute atomic E-state index is 0.00950. The molecule has 2 rings (SSSR count). The molecule has 7 nitrogen and oxygen atoms in total. The van der Waals surface area contributed by atoms with Gasteiger partial charge in [0.15, 0.2) is 0 Å². The molecule has 2 aromatic rings. The number of halogens is 3. The summed E-state index contributed by atoms with van der Waals surface area (Å²) >= 11 is 0. The summed E-state index contributed by atoms with van der Waals surface area (Å²) in [5, 5.41) is 2.76. The molecular weight excluding hydrogens is 495 g/mol. The van der Waals surface area contributed by atoms with E-state index in [2.05, 4.69) is 5.32 Å². The Morgan fingerprint density at radius 1 is 1.03 bits per heavy atom. The number of aryl methyl sites for hydroxylation is 1. The summed E-state index contributed by atoms with van der Waals surface area (Å²) in [6.07, 6.45) is -3.88. The van der Waals surface area contributed by atoms with Crippen molar-refractivity contribution in [3.63, 3.8) is 0 Å². The molecule has 11 heteroatoms. The second kappa shape index (κ2) is 11.8. The van der Waals surface area contributed by atoms with Gasteiger partial charge in [-0.2, -0.15) is 13.2 Å². The normalized spacial score (nSPS) is 12.8. The van der Waals surface area contributed by atoms with Gasteiger partial charge in [-0.3, -0.25) is 13.9 Å². The van der Waals surface area contributed by atoms with Crippen LogP contribution < -0.4 is 9.62 Å². The molecule has 36 heavy (non-hydrogen) atoms. The van der Waals surface area contributed by atoms with Crippen molar-refractivity contribution in [2.24, 2.45) is 5.92 Å². The van der Waals surface area contributed by atoms with Gasteiger partial charge in [-0.15, -0.1) is 0 Å². The lowest BCUT2D eigenvalue weighted by Crippen LogP contribution is -2.51. The highest BCUT2D eigenvalue weighted by molar-refractivity contribution is 7.92. The first-order valence-corrected chi connectivity index (χ1v) is 13.2. The van der Waals surface area contributed by atoms with Gasteiger partial charge in [0.05, 0.1) is 17.5 Å². The first kappa shape index (κ1) is 29.2. The maximum Gasteiger partial charge on any atom is 0.416 e. The number of amides is 2. The van der Waals surface area contributed by atoms with Crippen molar-refractivity contribution in [2.75, 3.05) is 23.7 Å². The summed E-state index contributed by atoms with van der Waals surface area (Å²) in [6.45, 7) is 6.88. The van der Waals surface area contributed by atoms with E-state index >= 15 is 0 Å². The van der Waals surface area contributed by atoms with Crippen molar-refractivity contribution in [3.05, 3.63) is 65.2 Å². The van der Waals surface area contributed by atoms with Gasteiger partial charge < -0.3 is 10.2 Å². The van der Waals surface area contributed by atoms with Gasteiger partial charge in [0.2, 0.25) is 21.8 Å². The lowest BCUT2D eigenvalue weighted by molar-refractivity contribution is -0.139. The largest absolute Gasteiger partial charge is 0.416 e. The monoisotopic (exact) mass is 527 g/mol. The Morgan fingerprint density at radius 2 is 1.64 bits per heavy atom. The fraction of sp³-hybridized carbons (Fsp3) is 0.440. The van der Waals surface area contributed by atoms with E-state index < -0.39 is 46.2 Å². The summed E-state index contributed by atoms with van der Waals surface area (Å²) in [4.78, 5) is 27.4. The van der Waals surface area contributed by atoms with E-state index in [0.717, 1.165) is 24.0 Å². The number of rotatable bonds is 10. The van der Waals surface area contributed by atoms with Crippen LogP contribution in [0.1, 0.15) is 37.5 Å². The van der Waals surface area contributed by atoms with Crippen LogP contribution in [-0.4, -0.2) is 50.5 Å². The minimum atomic E-state index is -4.69. The number of benzene rings is 2. The molecule has 0 aliphatic heterocycles. The Bertz CT molecular complexity index is 1170. The SMILES string of the molecule is Cc1ccc(CN(C(=O)CN(c2cccc(C(F)(F)F)c2)S(C)(=O)=O)[C@@H](C)C(=O)NCC(C)C)cc1. The number of anilines is 1. The Balaban J connectivity index is 2.41. The molecule has 0 saturated carbocycles. The van der Waals surface area contributed by atoms with Gasteiger partial charge in [0.1, 0.15) is 12.6 Å². The van der Waals surface area contributed by atoms with Crippen LogP contribution in [0.5, 0.6) is 0 Å². The smallest absolute Gasteiger partial charge is 0.354 e. The van der Waals surface area contributed by atoms with E-state index in [4.69, 9.17) is 0 Å². The predicted octanol–water partition coefficient (Wildman–Crippen LogP) is 3.97. The molecule has 0 aromatic heterocycles. The zero-order valence-electron chi connectivity index (χ0n) is 21.0. The number of hydrogen-bond acceptors (Lipinski definition) is 4. The fourth-order valence-corrected chi connectivity index (χ4v) is 4.22. The maximum absolute atomic E-state index is 13.4. The highest BCUT2D eigenvalue weighted by atomic mass is 32.2. The lowest BCUT2D eigenvalue weighted by Gasteiger charge is -2.31. The molecular formula is C25H32F3N3O4S. The third-order valence-electron chi connectivity index (χ3n) is 5.47. The van der Waals surface area contributed by atoms with E-state index in [1.807, 2.05) is 32.9 Å². The third kappa shape index (κ3) is 8.25. The van der Waals surface area contributed by atoms with Crippen LogP contribution in [0.4, 0.5) is 18.9 Å². The molecule has 2 aromatic carbocycles. The zero-order valence-corrected chi connectivity index (χ0v) is 21.8. The molecule has 0 unspecified atom stereocenters. The molecule has 1 atom stereocenters. The molecule has 1 N–H and O–H groups in total. The third-order valence-corrected chi connectivity index (χ3v) is 6.61. The fourth-order valence-electron chi connectivity index (χ4n) is 3.38. The molecule has 198 valence electrons. The highest BCUT2D eigenvalue weighted by Crippen LogP contribution is 2.32. The second-order valence-corrected chi connectivity index (χ2v) is 11.0. The summed E-state index contributed by atoms with van der Waals surface area (Å²) < 4.78 is 65.3. The molecule has 0 heterocycles. The molecule has 0 aliphatic rings. The number of sulfonamides is 1. The molecule has 0 spiro atoms. The molecule has 0 radical (unpaired) electrons. The predicted molar refractivity (Wildman–Crippen MR) is 133 cm³/mol. The summed E-state index contributed by atoms with van der Waals surface area (Å²) in [6, 6.07) is 10.1. The number of hydrogen-bond donors (Lipinski definition) is 1.